The minimum atomic E-state index is -0.491. The van der Waals surface area contributed by atoms with Gasteiger partial charge in [0, 0.05) is 24.7 Å². The fraction of sp³-hybridized carbons (Fsp3) is 0.318. The third-order valence-electron chi connectivity index (χ3n) is 5.27. The average Bonchev–Trinajstić information content (AvgIpc) is 3.13. The van der Waals surface area contributed by atoms with Gasteiger partial charge in [-0.05, 0) is 30.7 Å². The highest BCUT2D eigenvalue weighted by molar-refractivity contribution is 6.31. The number of piperazine rings is 1. The first-order chi connectivity index (χ1) is 14.5. The molecule has 1 aromatic heterocycles. The molecule has 2 aromatic carbocycles. The van der Waals surface area contributed by atoms with Crippen molar-refractivity contribution >= 4 is 34.4 Å². The summed E-state index contributed by atoms with van der Waals surface area (Å²) in [5.74, 6) is 0.344. The Kier molecular flexibility index (Phi) is 6.01. The number of aromatic nitrogens is 2. The van der Waals surface area contributed by atoms with Crippen molar-refractivity contribution in [2.24, 2.45) is 0 Å². The summed E-state index contributed by atoms with van der Waals surface area (Å²) in [5, 5.41) is 6.35. The van der Waals surface area contributed by atoms with Gasteiger partial charge in [-0.15, -0.1) is 0 Å². The number of nitrogens with zero attached hydrogens (tertiary/aromatic N) is 2. The maximum Gasteiger partial charge on any atom is 0.237 e. The summed E-state index contributed by atoms with van der Waals surface area (Å²) >= 11 is 6.00. The van der Waals surface area contributed by atoms with Crippen LogP contribution in [-0.4, -0.2) is 45.8 Å². The molecule has 0 aliphatic carbocycles. The Morgan fingerprint density at radius 1 is 1.27 bits per heavy atom. The molecule has 1 atom stereocenters. The van der Waals surface area contributed by atoms with E-state index in [0.29, 0.717) is 30.5 Å². The van der Waals surface area contributed by atoms with Crippen LogP contribution in [0.1, 0.15) is 23.4 Å². The monoisotopic (exact) mass is 425 g/mol. The standard InChI is InChI=1S/C22H24ClN5O2/c1-14-2-4-15(5-3-14)13-28-9-8-24-22(30)19(28)11-21(29)25-12-20-26-17-7-6-16(23)10-18(17)27-20/h2-7,10,19H,8-9,11-13H2,1H3,(H,24,30)(H,25,29)(H,26,27). The highest BCUT2D eigenvalue weighted by Crippen LogP contribution is 2.17. The molecule has 30 heavy (non-hydrogen) atoms. The molecule has 0 spiro atoms. The summed E-state index contributed by atoms with van der Waals surface area (Å²) in [4.78, 5) is 34.7. The zero-order chi connectivity index (χ0) is 21.1. The third kappa shape index (κ3) is 4.80. The smallest absolute Gasteiger partial charge is 0.237 e. The molecule has 1 aliphatic heterocycles. The Bertz CT molecular complexity index is 1060. The number of nitrogens with one attached hydrogen (secondary N) is 3. The Labute approximate surface area is 179 Å². The molecule has 3 aromatic rings. The Morgan fingerprint density at radius 3 is 2.87 bits per heavy atom. The zero-order valence-electron chi connectivity index (χ0n) is 16.7. The molecule has 4 rings (SSSR count). The summed E-state index contributed by atoms with van der Waals surface area (Å²) in [7, 11) is 0. The van der Waals surface area contributed by atoms with Crippen LogP contribution in [0.15, 0.2) is 42.5 Å². The van der Waals surface area contributed by atoms with E-state index in [1.807, 2.05) is 13.0 Å². The van der Waals surface area contributed by atoms with Gasteiger partial charge in [0.25, 0.3) is 0 Å². The largest absolute Gasteiger partial charge is 0.353 e. The van der Waals surface area contributed by atoms with E-state index >= 15 is 0 Å². The van der Waals surface area contributed by atoms with Crippen molar-refractivity contribution in [2.75, 3.05) is 13.1 Å². The minimum Gasteiger partial charge on any atom is -0.353 e. The van der Waals surface area contributed by atoms with Crippen LogP contribution in [0.5, 0.6) is 0 Å². The Hall–Kier alpha value is -2.90. The van der Waals surface area contributed by atoms with Gasteiger partial charge in [-0.25, -0.2) is 4.98 Å². The first-order valence-electron chi connectivity index (χ1n) is 9.96. The van der Waals surface area contributed by atoms with E-state index in [-0.39, 0.29) is 24.8 Å². The molecule has 1 aliphatic rings. The van der Waals surface area contributed by atoms with Crippen LogP contribution < -0.4 is 10.6 Å². The van der Waals surface area contributed by atoms with E-state index in [9.17, 15) is 9.59 Å². The summed E-state index contributed by atoms with van der Waals surface area (Å²) in [6.45, 7) is 4.24. The zero-order valence-corrected chi connectivity index (χ0v) is 17.5. The summed E-state index contributed by atoms with van der Waals surface area (Å²) in [6, 6.07) is 13.1. The first-order valence-corrected chi connectivity index (χ1v) is 10.3. The first kappa shape index (κ1) is 20.4. The second-order valence-corrected chi connectivity index (χ2v) is 8.03. The van der Waals surface area contributed by atoms with E-state index < -0.39 is 6.04 Å². The van der Waals surface area contributed by atoms with Gasteiger partial charge in [0.1, 0.15) is 5.82 Å². The van der Waals surface area contributed by atoms with Crippen molar-refractivity contribution in [1.82, 2.24) is 25.5 Å². The highest BCUT2D eigenvalue weighted by Gasteiger charge is 2.31. The lowest BCUT2D eigenvalue weighted by Gasteiger charge is -2.34. The fourth-order valence-electron chi connectivity index (χ4n) is 3.65. The summed E-state index contributed by atoms with van der Waals surface area (Å²) in [5.41, 5.74) is 3.93. The van der Waals surface area contributed by atoms with Crippen LogP contribution in [0, 0.1) is 6.92 Å². The molecule has 7 nitrogen and oxygen atoms in total. The quantitative estimate of drug-likeness (QED) is 0.566. The number of carbonyl (C=O) groups excluding carboxylic acids is 2. The van der Waals surface area contributed by atoms with Crippen LogP contribution >= 0.6 is 11.6 Å². The van der Waals surface area contributed by atoms with Crippen molar-refractivity contribution in [2.45, 2.75) is 32.5 Å². The lowest BCUT2D eigenvalue weighted by molar-refractivity contribution is -0.134. The molecular formula is C22H24ClN5O2. The van der Waals surface area contributed by atoms with Gasteiger partial charge < -0.3 is 15.6 Å². The fourth-order valence-corrected chi connectivity index (χ4v) is 3.82. The number of amides is 2. The van der Waals surface area contributed by atoms with Crippen molar-refractivity contribution in [3.05, 3.63) is 64.4 Å². The van der Waals surface area contributed by atoms with Crippen molar-refractivity contribution in [3.63, 3.8) is 0 Å². The van der Waals surface area contributed by atoms with Crippen LogP contribution in [0.25, 0.3) is 11.0 Å². The van der Waals surface area contributed by atoms with Crippen LogP contribution in [0.2, 0.25) is 5.02 Å². The molecule has 2 heterocycles. The Morgan fingerprint density at radius 2 is 2.07 bits per heavy atom. The highest BCUT2D eigenvalue weighted by atomic mass is 35.5. The molecule has 8 heteroatoms. The van der Waals surface area contributed by atoms with Gasteiger partial charge >= 0.3 is 0 Å². The van der Waals surface area contributed by atoms with Crippen LogP contribution in [0.3, 0.4) is 0 Å². The molecule has 0 saturated carbocycles. The normalized spacial score (nSPS) is 17.1. The van der Waals surface area contributed by atoms with Crippen molar-refractivity contribution in [1.29, 1.82) is 0 Å². The van der Waals surface area contributed by atoms with Gasteiger partial charge in [0.2, 0.25) is 11.8 Å². The summed E-state index contributed by atoms with van der Waals surface area (Å²) < 4.78 is 0. The van der Waals surface area contributed by atoms with E-state index in [1.165, 1.54) is 5.56 Å². The number of hydrogen-bond acceptors (Lipinski definition) is 4. The van der Waals surface area contributed by atoms with Crippen molar-refractivity contribution < 1.29 is 9.59 Å². The summed E-state index contributed by atoms with van der Waals surface area (Å²) in [6.07, 6.45) is 0.101. The number of carbonyl (C=O) groups is 2. The van der Waals surface area contributed by atoms with Gasteiger partial charge in [0.05, 0.1) is 30.0 Å². The third-order valence-corrected chi connectivity index (χ3v) is 5.51. The van der Waals surface area contributed by atoms with E-state index in [2.05, 4.69) is 49.8 Å². The number of H-pyrrole nitrogens is 1. The van der Waals surface area contributed by atoms with Crippen LogP contribution in [0.4, 0.5) is 0 Å². The number of aromatic amines is 1. The maximum atomic E-state index is 12.6. The maximum absolute atomic E-state index is 12.6. The molecular weight excluding hydrogens is 402 g/mol. The predicted octanol–water partition coefficient (Wildman–Crippen LogP) is 2.53. The minimum absolute atomic E-state index is 0.101. The van der Waals surface area contributed by atoms with Gasteiger partial charge in [-0.1, -0.05) is 41.4 Å². The lowest BCUT2D eigenvalue weighted by atomic mass is 10.1. The number of halogens is 1. The molecule has 0 bridgehead atoms. The number of hydrogen-bond donors (Lipinski definition) is 3. The number of imidazole rings is 1. The number of aryl methyl sites for hydroxylation is 1. The van der Waals surface area contributed by atoms with E-state index in [1.54, 1.807) is 12.1 Å². The number of fused-ring (bicyclic) bond motifs is 1. The van der Waals surface area contributed by atoms with Crippen molar-refractivity contribution in [3.8, 4) is 0 Å². The molecule has 3 N–H and O–H groups in total. The molecule has 2 amide bonds. The molecule has 1 unspecified atom stereocenters. The Balaban J connectivity index is 1.37. The van der Waals surface area contributed by atoms with E-state index in [0.717, 1.165) is 16.6 Å². The van der Waals surface area contributed by atoms with Crippen LogP contribution in [-0.2, 0) is 22.7 Å². The second kappa shape index (κ2) is 8.85. The van der Waals surface area contributed by atoms with Gasteiger partial charge in [-0.3, -0.25) is 14.5 Å². The second-order valence-electron chi connectivity index (χ2n) is 7.59. The molecule has 0 radical (unpaired) electrons. The molecule has 1 saturated heterocycles. The lowest BCUT2D eigenvalue weighted by Crippen LogP contribution is -2.56. The SMILES string of the molecule is Cc1ccc(CN2CCNC(=O)C2CC(=O)NCc2nc3ccc(Cl)cc3[nH]2)cc1. The number of benzene rings is 2. The molecule has 1 fully saturated rings. The average molecular weight is 426 g/mol. The number of rotatable bonds is 6. The van der Waals surface area contributed by atoms with E-state index in [4.69, 9.17) is 11.6 Å². The van der Waals surface area contributed by atoms with Gasteiger partial charge in [-0.2, -0.15) is 0 Å². The predicted molar refractivity (Wildman–Crippen MR) is 116 cm³/mol. The molecule has 156 valence electrons. The topological polar surface area (TPSA) is 90.1 Å². The van der Waals surface area contributed by atoms with Gasteiger partial charge in [0.15, 0.2) is 0 Å².